The number of amides is 3. The number of hydrogen-bond acceptors (Lipinski definition) is 5. The molecule has 7 nitrogen and oxygen atoms in total. The number of anilines is 1. The smallest absolute Gasteiger partial charge is 0.294 e. The number of carbonyl (C=O) groups excluding carboxylic acids is 3. The number of para-hydroxylation sites is 3. The van der Waals surface area contributed by atoms with E-state index in [0.717, 1.165) is 38.7 Å². The molecule has 0 saturated carbocycles. The first-order valence-corrected chi connectivity index (χ1v) is 13.1. The second-order valence-electron chi connectivity index (χ2n) is 8.45. The van der Waals surface area contributed by atoms with E-state index in [9.17, 15) is 14.4 Å². The summed E-state index contributed by atoms with van der Waals surface area (Å²) < 4.78 is 7.24. The normalized spacial score (nSPS) is 14.5. The lowest BCUT2D eigenvalue weighted by molar-refractivity contribution is -0.127. The first-order chi connectivity index (χ1) is 18.4. The van der Waals surface area contributed by atoms with Crippen LogP contribution in [-0.2, 0) is 16.1 Å². The average Bonchev–Trinajstić information content (AvgIpc) is 3.38. The summed E-state index contributed by atoms with van der Waals surface area (Å²) >= 11 is 13.6. The summed E-state index contributed by atoms with van der Waals surface area (Å²) in [5.41, 5.74) is 2.91. The number of halogens is 2. The fourth-order valence-corrected chi connectivity index (χ4v) is 5.58. The molecule has 38 heavy (non-hydrogen) atoms. The van der Waals surface area contributed by atoms with E-state index in [-0.39, 0.29) is 4.91 Å². The molecule has 192 valence electrons. The third-order valence-corrected chi connectivity index (χ3v) is 7.67. The van der Waals surface area contributed by atoms with Crippen LogP contribution in [0.3, 0.4) is 0 Å². The number of imide groups is 1. The number of rotatable bonds is 7. The molecule has 0 atom stereocenters. The number of nitrogens with one attached hydrogen (secondary N) is 1. The second kappa shape index (κ2) is 10.9. The van der Waals surface area contributed by atoms with Crippen LogP contribution in [0.25, 0.3) is 17.0 Å². The van der Waals surface area contributed by atoms with Crippen LogP contribution in [-0.4, -0.2) is 40.2 Å². The van der Waals surface area contributed by atoms with Gasteiger partial charge in [0, 0.05) is 38.3 Å². The second-order valence-corrected chi connectivity index (χ2v) is 10.3. The molecular weight excluding hydrogens is 545 g/mol. The first-order valence-electron chi connectivity index (χ1n) is 11.5. The largest absolute Gasteiger partial charge is 0.495 e. The highest BCUT2D eigenvalue weighted by atomic mass is 35.5. The van der Waals surface area contributed by atoms with Crippen molar-refractivity contribution in [1.29, 1.82) is 0 Å². The zero-order chi connectivity index (χ0) is 26.8. The lowest BCUT2D eigenvalue weighted by Crippen LogP contribution is -2.36. The summed E-state index contributed by atoms with van der Waals surface area (Å²) in [4.78, 5) is 39.6. The van der Waals surface area contributed by atoms with Crippen LogP contribution >= 0.6 is 35.0 Å². The maximum atomic E-state index is 13.1. The predicted octanol–water partition coefficient (Wildman–Crippen LogP) is 6.68. The SMILES string of the molecule is COc1ccccc1NC(=O)CN1C(=O)S/C(=C\c2cn(Cc3c(Cl)cccc3Cl)c3ccccc23)C1=O. The van der Waals surface area contributed by atoms with Crippen LogP contribution in [0.5, 0.6) is 5.75 Å². The Morgan fingerprint density at radius 3 is 2.47 bits per heavy atom. The standard InChI is InChI=1S/C28H21Cl2N3O4S/c1-37-24-12-5-3-10-22(24)31-26(34)16-33-27(35)25(38-28(33)36)13-17-14-32(23-11-4-2-7-18(17)23)15-19-20(29)8-6-9-21(19)30/h2-14H,15-16H2,1H3,(H,31,34)/b25-13-. The van der Waals surface area contributed by atoms with Crippen molar-refractivity contribution < 1.29 is 19.1 Å². The molecule has 5 rings (SSSR count). The van der Waals surface area contributed by atoms with Gasteiger partial charge in [0.25, 0.3) is 11.1 Å². The van der Waals surface area contributed by atoms with E-state index in [1.807, 2.05) is 35.0 Å². The van der Waals surface area contributed by atoms with Crippen LogP contribution in [0.2, 0.25) is 10.0 Å². The van der Waals surface area contributed by atoms with Crippen molar-refractivity contribution in [3.05, 3.63) is 99.0 Å². The van der Waals surface area contributed by atoms with Crippen molar-refractivity contribution in [1.82, 2.24) is 9.47 Å². The van der Waals surface area contributed by atoms with Gasteiger partial charge >= 0.3 is 0 Å². The molecule has 3 amide bonds. The van der Waals surface area contributed by atoms with Crippen molar-refractivity contribution in [3.63, 3.8) is 0 Å². The minimum atomic E-state index is -0.527. The zero-order valence-electron chi connectivity index (χ0n) is 20.1. The number of fused-ring (bicyclic) bond motifs is 1. The Balaban J connectivity index is 1.39. The van der Waals surface area contributed by atoms with Gasteiger partial charge in [0.2, 0.25) is 5.91 Å². The number of methoxy groups -OCH3 is 1. The molecule has 0 bridgehead atoms. The third-order valence-electron chi connectivity index (χ3n) is 6.05. The molecule has 1 saturated heterocycles. The molecule has 2 heterocycles. The Labute approximate surface area is 233 Å². The van der Waals surface area contributed by atoms with Gasteiger partial charge in [-0.15, -0.1) is 0 Å². The van der Waals surface area contributed by atoms with Crippen LogP contribution in [0.1, 0.15) is 11.1 Å². The minimum Gasteiger partial charge on any atom is -0.495 e. The van der Waals surface area contributed by atoms with Gasteiger partial charge in [0.1, 0.15) is 12.3 Å². The molecule has 1 aliphatic heterocycles. The third kappa shape index (κ3) is 5.15. The van der Waals surface area contributed by atoms with E-state index in [0.29, 0.717) is 28.0 Å². The van der Waals surface area contributed by atoms with Gasteiger partial charge in [-0.1, -0.05) is 59.6 Å². The van der Waals surface area contributed by atoms with Crippen molar-refractivity contribution in [2.24, 2.45) is 0 Å². The van der Waals surface area contributed by atoms with E-state index in [1.165, 1.54) is 7.11 Å². The Hall–Kier alpha value is -3.72. The number of aromatic nitrogens is 1. The van der Waals surface area contributed by atoms with Gasteiger partial charge in [-0.25, -0.2) is 0 Å². The molecule has 1 fully saturated rings. The molecule has 0 spiro atoms. The molecule has 0 aliphatic carbocycles. The monoisotopic (exact) mass is 565 g/mol. The lowest BCUT2D eigenvalue weighted by atomic mass is 10.1. The molecule has 0 radical (unpaired) electrons. The molecular formula is C28H21Cl2N3O4S. The molecule has 10 heteroatoms. The van der Waals surface area contributed by atoms with Gasteiger partial charge in [-0.05, 0) is 48.2 Å². The Morgan fingerprint density at radius 2 is 1.71 bits per heavy atom. The maximum Gasteiger partial charge on any atom is 0.294 e. The molecule has 4 aromatic rings. The van der Waals surface area contributed by atoms with Gasteiger partial charge in [0.05, 0.1) is 24.2 Å². The molecule has 1 aromatic heterocycles. The van der Waals surface area contributed by atoms with E-state index in [1.54, 1.807) is 48.5 Å². The molecule has 1 N–H and O–H groups in total. The Bertz CT molecular complexity index is 1590. The van der Waals surface area contributed by atoms with Crippen molar-refractivity contribution in [2.45, 2.75) is 6.54 Å². The number of thioether (sulfide) groups is 1. The summed E-state index contributed by atoms with van der Waals surface area (Å²) in [5, 5.41) is 4.20. The summed E-state index contributed by atoms with van der Waals surface area (Å²) in [7, 11) is 1.49. The highest BCUT2D eigenvalue weighted by molar-refractivity contribution is 8.18. The van der Waals surface area contributed by atoms with E-state index in [4.69, 9.17) is 27.9 Å². The number of hydrogen-bond donors (Lipinski definition) is 1. The number of nitrogens with zero attached hydrogens (tertiary/aromatic N) is 2. The van der Waals surface area contributed by atoms with Crippen LogP contribution in [0.15, 0.2) is 77.8 Å². The predicted molar refractivity (Wildman–Crippen MR) is 152 cm³/mol. The lowest BCUT2D eigenvalue weighted by Gasteiger charge is -2.14. The van der Waals surface area contributed by atoms with Crippen LogP contribution in [0, 0.1) is 0 Å². The van der Waals surface area contributed by atoms with Gasteiger partial charge in [-0.3, -0.25) is 19.3 Å². The van der Waals surface area contributed by atoms with Gasteiger partial charge in [0.15, 0.2) is 0 Å². The van der Waals surface area contributed by atoms with Crippen molar-refractivity contribution >= 4 is 74.7 Å². The molecule has 0 unspecified atom stereocenters. The molecule has 3 aromatic carbocycles. The fraction of sp³-hybridized carbons (Fsp3) is 0.107. The number of ether oxygens (including phenoxy) is 1. The minimum absolute atomic E-state index is 0.235. The van der Waals surface area contributed by atoms with E-state index < -0.39 is 23.6 Å². The number of carbonyl (C=O) groups is 3. The number of benzene rings is 3. The summed E-state index contributed by atoms with van der Waals surface area (Å²) in [6.07, 6.45) is 3.57. The van der Waals surface area contributed by atoms with Crippen LogP contribution < -0.4 is 10.1 Å². The first kappa shape index (κ1) is 25.9. The van der Waals surface area contributed by atoms with Gasteiger partial charge < -0.3 is 14.6 Å². The zero-order valence-corrected chi connectivity index (χ0v) is 22.4. The topological polar surface area (TPSA) is 80.6 Å². The Morgan fingerprint density at radius 1 is 1.00 bits per heavy atom. The highest BCUT2D eigenvalue weighted by Crippen LogP contribution is 2.35. The molecule has 1 aliphatic rings. The Kier molecular flexibility index (Phi) is 7.46. The van der Waals surface area contributed by atoms with Crippen molar-refractivity contribution in [3.8, 4) is 5.75 Å². The van der Waals surface area contributed by atoms with Crippen LogP contribution in [0.4, 0.5) is 10.5 Å². The summed E-state index contributed by atoms with van der Waals surface area (Å²) in [6, 6.07) is 20.0. The average molecular weight is 566 g/mol. The summed E-state index contributed by atoms with van der Waals surface area (Å²) in [5.74, 6) is -0.559. The van der Waals surface area contributed by atoms with E-state index >= 15 is 0 Å². The van der Waals surface area contributed by atoms with Crippen molar-refractivity contribution in [2.75, 3.05) is 19.0 Å². The quantitative estimate of drug-likeness (QED) is 0.253. The van der Waals surface area contributed by atoms with Gasteiger partial charge in [-0.2, -0.15) is 0 Å². The maximum absolute atomic E-state index is 13.1. The summed E-state index contributed by atoms with van der Waals surface area (Å²) in [6.45, 7) is 0.0181. The highest BCUT2D eigenvalue weighted by Gasteiger charge is 2.36. The fourth-order valence-electron chi connectivity index (χ4n) is 4.23. The van der Waals surface area contributed by atoms with E-state index in [2.05, 4.69) is 5.32 Å².